The number of carbonyl (C=O) groups excluding carboxylic acids is 3. The maximum atomic E-state index is 13.5. The SMILES string of the molecule is CCN(C(=O)C(CC(=O)OC(C)(C)C)CC(=O)OC(C)(C)C)c1ccc2ccccc2c1. The first-order valence-electron chi connectivity index (χ1n) is 11.0. The Labute approximate surface area is 190 Å². The smallest absolute Gasteiger partial charge is 0.307 e. The maximum absolute atomic E-state index is 13.5. The Bertz CT molecular complexity index is 938. The molecule has 2 aromatic carbocycles. The van der Waals surface area contributed by atoms with Gasteiger partial charge in [-0.2, -0.15) is 0 Å². The molecule has 6 heteroatoms. The van der Waals surface area contributed by atoms with Crippen LogP contribution in [0.15, 0.2) is 42.5 Å². The monoisotopic (exact) mass is 441 g/mol. The van der Waals surface area contributed by atoms with Crippen LogP contribution in [0.1, 0.15) is 61.3 Å². The summed E-state index contributed by atoms with van der Waals surface area (Å²) in [5, 5.41) is 2.07. The van der Waals surface area contributed by atoms with Gasteiger partial charge in [0.15, 0.2) is 0 Å². The number of nitrogens with zero attached hydrogens (tertiary/aromatic N) is 1. The molecule has 0 N–H and O–H groups in total. The van der Waals surface area contributed by atoms with Crippen molar-refractivity contribution >= 4 is 34.3 Å². The third kappa shape index (κ3) is 7.66. The summed E-state index contributed by atoms with van der Waals surface area (Å²) in [7, 11) is 0. The highest BCUT2D eigenvalue weighted by molar-refractivity contribution is 6.00. The average molecular weight is 442 g/mol. The highest BCUT2D eigenvalue weighted by Gasteiger charge is 2.32. The molecule has 0 aliphatic carbocycles. The topological polar surface area (TPSA) is 72.9 Å². The van der Waals surface area contributed by atoms with E-state index < -0.39 is 29.1 Å². The molecule has 0 unspecified atom stereocenters. The van der Waals surface area contributed by atoms with Gasteiger partial charge in [-0.25, -0.2) is 0 Å². The van der Waals surface area contributed by atoms with Gasteiger partial charge in [0.2, 0.25) is 5.91 Å². The van der Waals surface area contributed by atoms with Crippen LogP contribution in [0, 0.1) is 5.92 Å². The Morgan fingerprint density at radius 2 is 1.31 bits per heavy atom. The van der Waals surface area contributed by atoms with E-state index in [0.717, 1.165) is 16.5 Å². The molecule has 0 spiro atoms. The van der Waals surface area contributed by atoms with Crippen molar-refractivity contribution in [2.75, 3.05) is 11.4 Å². The molecule has 0 atom stereocenters. The van der Waals surface area contributed by atoms with Gasteiger partial charge in [-0.3, -0.25) is 14.4 Å². The van der Waals surface area contributed by atoms with Crippen molar-refractivity contribution in [1.82, 2.24) is 0 Å². The first kappa shape index (κ1) is 25.4. The highest BCUT2D eigenvalue weighted by atomic mass is 16.6. The predicted octanol–water partition coefficient (Wildman–Crippen LogP) is 5.27. The van der Waals surface area contributed by atoms with Crippen molar-refractivity contribution < 1.29 is 23.9 Å². The van der Waals surface area contributed by atoms with Crippen LogP contribution < -0.4 is 4.90 Å². The van der Waals surface area contributed by atoms with E-state index in [2.05, 4.69) is 0 Å². The predicted molar refractivity (Wildman–Crippen MR) is 126 cm³/mol. The van der Waals surface area contributed by atoms with Gasteiger partial charge < -0.3 is 14.4 Å². The van der Waals surface area contributed by atoms with Crippen LogP contribution in [-0.2, 0) is 23.9 Å². The first-order valence-corrected chi connectivity index (χ1v) is 11.0. The summed E-state index contributed by atoms with van der Waals surface area (Å²) < 4.78 is 10.8. The Balaban J connectivity index is 2.31. The summed E-state index contributed by atoms with van der Waals surface area (Å²) in [6.07, 6.45) is -0.390. The molecule has 0 fully saturated rings. The zero-order valence-electron chi connectivity index (χ0n) is 20.2. The van der Waals surface area contributed by atoms with E-state index >= 15 is 0 Å². The molecule has 1 amide bonds. The molecule has 0 saturated carbocycles. The van der Waals surface area contributed by atoms with E-state index in [4.69, 9.17) is 9.47 Å². The summed E-state index contributed by atoms with van der Waals surface area (Å²) in [6, 6.07) is 13.7. The lowest BCUT2D eigenvalue weighted by Gasteiger charge is -2.28. The maximum Gasteiger partial charge on any atom is 0.307 e. The Hall–Kier alpha value is -2.89. The fourth-order valence-corrected chi connectivity index (χ4v) is 3.45. The summed E-state index contributed by atoms with van der Waals surface area (Å²) in [5.74, 6) is -2.23. The number of esters is 2. The molecule has 32 heavy (non-hydrogen) atoms. The van der Waals surface area contributed by atoms with Gasteiger partial charge in [0, 0.05) is 12.2 Å². The number of hydrogen-bond acceptors (Lipinski definition) is 5. The molecular weight excluding hydrogens is 406 g/mol. The first-order chi connectivity index (χ1) is 14.8. The number of benzene rings is 2. The molecule has 0 bridgehead atoms. The van der Waals surface area contributed by atoms with Crippen molar-refractivity contribution in [1.29, 1.82) is 0 Å². The molecule has 6 nitrogen and oxygen atoms in total. The molecule has 174 valence electrons. The summed E-state index contributed by atoms with van der Waals surface area (Å²) in [6.45, 7) is 12.9. The van der Waals surface area contributed by atoms with Gasteiger partial charge in [-0.1, -0.05) is 30.3 Å². The van der Waals surface area contributed by atoms with E-state index in [1.165, 1.54) is 0 Å². The van der Waals surface area contributed by atoms with Gasteiger partial charge in [0.25, 0.3) is 0 Å². The number of fused-ring (bicyclic) bond motifs is 1. The quantitative estimate of drug-likeness (QED) is 0.547. The average Bonchev–Trinajstić information content (AvgIpc) is 2.65. The third-order valence-corrected chi connectivity index (χ3v) is 4.64. The largest absolute Gasteiger partial charge is 0.460 e. The van der Waals surface area contributed by atoms with Gasteiger partial charge >= 0.3 is 11.9 Å². The molecule has 2 rings (SSSR count). The third-order valence-electron chi connectivity index (χ3n) is 4.64. The van der Waals surface area contributed by atoms with E-state index in [1.54, 1.807) is 46.4 Å². The fourth-order valence-electron chi connectivity index (χ4n) is 3.45. The van der Waals surface area contributed by atoms with Crippen LogP contribution in [0.2, 0.25) is 0 Å². The molecule has 0 saturated heterocycles. The number of carbonyl (C=O) groups is 3. The van der Waals surface area contributed by atoms with E-state index in [9.17, 15) is 14.4 Å². The lowest BCUT2D eigenvalue weighted by molar-refractivity contribution is -0.160. The van der Waals surface area contributed by atoms with Crippen LogP contribution >= 0.6 is 0 Å². The van der Waals surface area contributed by atoms with Crippen LogP contribution in [0.5, 0.6) is 0 Å². The van der Waals surface area contributed by atoms with E-state index in [1.807, 2.05) is 49.4 Å². The highest BCUT2D eigenvalue weighted by Crippen LogP contribution is 2.26. The number of ether oxygens (including phenoxy) is 2. The lowest BCUT2D eigenvalue weighted by Crippen LogP contribution is -2.39. The zero-order valence-corrected chi connectivity index (χ0v) is 20.2. The Morgan fingerprint density at radius 1 is 0.812 bits per heavy atom. The van der Waals surface area contributed by atoms with E-state index in [0.29, 0.717) is 6.54 Å². The molecule has 0 radical (unpaired) electrons. The van der Waals surface area contributed by atoms with Crippen molar-refractivity contribution in [3.05, 3.63) is 42.5 Å². The fraction of sp³-hybridized carbons (Fsp3) is 0.500. The zero-order chi connectivity index (χ0) is 24.1. The summed E-state index contributed by atoms with van der Waals surface area (Å²) in [4.78, 5) is 40.2. The minimum Gasteiger partial charge on any atom is -0.460 e. The normalized spacial score (nSPS) is 12.0. The van der Waals surface area contributed by atoms with Crippen LogP contribution in [0.3, 0.4) is 0 Å². The number of rotatable bonds is 7. The van der Waals surface area contributed by atoms with Gasteiger partial charge in [0.05, 0.1) is 18.8 Å². The number of anilines is 1. The van der Waals surface area contributed by atoms with Gasteiger partial charge in [-0.15, -0.1) is 0 Å². The summed E-state index contributed by atoms with van der Waals surface area (Å²) >= 11 is 0. The lowest BCUT2D eigenvalue weighted by atomic mass is 9.98. The second kappa shape index (κ2) is 10.2. The summed E-state index contributed by atoms with van der Waals surface area (Å²) in [5.41, 5.74) is -0.645. The molecule has 0 aliphatic heterocycles. The van der Waals surface area contributed by atoms with E-state index in [-0.39, 0.29) is 18.7 Å². The molecule has 0 heterocycles. The molecular formula is C26H35NO5. The van der Waals surface area contributed by atoms with Crippen molar-refractivity contribution in [3.63, 3.8) is 0 Å². The van der Waals surface area contributed by atoms with Crippen molar-refractivity contribution in [2.24, 2.45) is 5.92 Å². The standard InChI is InChI=1S/C26H35NO5/c1-8-27(21-14-13-18-11-9-10-12-19(18)15-21)24(30)20(16-22(28)31-25(2,3)4)17-23(29)32-26(5,6)7/h9-15,20H,8,16-17H2,1-7H3. The number of hydrogen-bond donors (Lipinski definition) is 0. The molecule has 0 aliphatic rings. The van der Waals surface area contributed by atoms with Gasteiger partial charge in [0.1, 0.15) is 11.2 Å². The second-order valence-corrected chi connectivity index (χ2v) is 9.89. The molecule has 2 aromatic rings. The van der Waals surface area contributed by atoms with Crippen LogP contribution in [0.25, 0.3) is 10.8 Å². The van der Waals surface area contributed by atoms with Gasteiger partial charge in [-0.05, 0) is 71.4 Å². The second-order valence-electron chi connectivity index (χ2n) is 9.89. The minimum absolute atomic E-state index is 0.195. The Morgan fingerprint density at radius 3 is 1.78 bits per heavy atom. The number of amides is 1. The minimum atomic E-state index is -0.883. The van der Waals surface area contributed by atoms with Crippen molar-refractivity contribution in [2.45, 2.75) is 72.5 Å². The molecule has 0 aromatic heterocycles. The van der Waals surface area contributed by atoms with Crippen molar-refractivity contribution in [3.8, 4) is 0 Å². The van der Waals surface area contributed by atoms with Crippen LogP contribution in [0.4, 0.5) is 5.69 Å². The van der Waals surface area contributed by atoms with Crippen LogP contribution in [-0.4, -0.2) is 35.6 Å². The Kier molecular flexibility index (Phi) is 8.05.